The van der Waals surface area contributed by atoms with Crippen LogP contribution in [0.1, 0.15) is 53.2 Å². The van der Waals surface area contributed by atoms with Crippen molar-refractivity contribution in [1.82, 2.24) is 30.0 Å². The van der Waals surface area contributed by atoms with E-state index in [0.29, 0.717) is 30.4 Å². The molecule has 1 saturated heterocycles. The Kier molecular flexibility index (Phi) is 6.14. The molecule has 158 valence electrons. The molecule has 3 aromatic heterocycles. The maximum atomic E-state index is 12.1. The average molecular weight is 418 g/mol. The summed E-state index contributed by atoms with van der Waals surface area (Å²) < 4.78 is 5.10. The highest BCUT2D eigenvalue weighted by Crippen LogP contribution is 2.32. The monoisotopic (exact) mass is 418 g/mol. The lowest BCUT2D eigenvalue weighted by Crippen LogP contribution is -2.24. The third-order valence-electron chi connectivity index (χ3n) is 5.10. The predicted octanol–water partition coefficient (Wildman–Crippen LogP) is 2.72. The van der Waals surface area contributed by atoms with Crippen LogP contribution in [0.3, 0.4) is 0 Å². The van der Waals surface area contributed by atoms with Gasteiger partial charge in [0.05, 0.1) is 48.8 Å². The Bertz CT molecular complexity index is 1070. The molecule has 0 spiro atoms. The molecule has 1 aliphatic rings. The van der Waals surface area contributed by atoms with Crippen LogP contribution in [-0.4, -0.2) is 49.2 Å². The largest absolute Gasteiger partial charge is 0.461 e. The summed E-state index contributed by atoms with van der Waals surface area (Å²) in [5.41, 5.74) is 3.17. The highest BCUT2D eigenvalue weighted by Gasteiger charge is 2.29. The van der Waals surface area contributed by atoms with Crippen molar-refractivity contribution in [2.75, 3.05) is 18.5 Å². The number of nitrogens with one attached hydrogen (secondary N) is 2. The van der Waals surface area contributed by atoms with Crippen LogP contribution in [0.5, 0.6) is 0 Å². The molecule has 0 saturated carbocycles. The number of H-pyrrole nitrogens is 1. The Labute approximate surface area is 179 Å². The summed E-state index contributed by atoms with van der Waals surface area (Å²) in [6.07, 6.45) is 8.71. The van der Waals surface area contributed by atoms with Crippen molar-refractivity contribution >= 4 is 17.5 Å². The lowest BCUT2D eigenvalue weighted by atomic mass is 10.1. The van der Waals surface area contributed by atoms with Crippen LogP contribution < -0.4 is 5.32 Å². The standard InChI is InChI=1S/C21H22N8O2/c1-2-31-21(30)20-14(9-26-28-20)13-29-7-3-4-18(29)17-11-25-19(12-24-17)27-16-6-5-15(8-22)23-10-16/h5-6,9-12,18H,2-4,7,13H2,1H3,(H,25,27)(H,26,28)/t18-/m0/s1. The van der Waals surface area contributed by atoms with E-state index in [1.807, 2.05) is 6.07 Å². The summed E-state index contributed by atoms with van der Waals surface area (Å²) in [7, 11) is 0. The van der Waals surface area contributed by atoms with Gasteiger partial charge in [0.2, 0.25) is 0 Å². The van der Waals surface area contributed by atoms with Crippen LogP contribution in [0.2, 0.25) is 0 Å². The zero-order valence-electron chi connectivity index (χ0n) is 17.1. The van der Waals surface area contributed by atoms with E-state index in [1.54, 1.807) is 43.8 Å². The second kappa shape index (κ2) is 9.32. The van der Waals surface area contributed by atoms with E-state index >= 15 is 0 Å². The minimum Gasteiger partial charge on any atom is -0.461 e. The third-order valence-corrected chi connectivity index (χ3v) is 5.10. The third kappa shape index (κ3) is 4.67. The summed E-state index contributed by atoms with van der Waals surface area (Å²) >= 11 is 0. The first-order valence-corrected chi connectivity index (χ1v) is 10.1. The lowest BCUT2D eigenvalue weighted by Gasteiger charge is -2.23. The van der Waals surface area contributed by atoms with E-state index in [-0.39, 0.29) is 6.04 Å². The molecule has 0 aromatic carbocycles. The number of pyridine rings is 1. The van der Waals surface area contributed by atoms with Crippen molar-refractivity contribution in [3.8, 4) is 6.07 Å². The molecule has 1 fully saturated rings. The smallest absolute Gasteiger partial charge is 0.356 e. The molecule has 1 atom stereocenters. The predicted molar refractivity (Wildman–Crippen MR) is 111 cm³/mol. The Morgan fingerprint density at radius 1 is 1.29 bits per heavy atom. The molecule has 0 bridgehead atoms. The van der Waals surface area contributed by atoms with Gasteiger partial charge in [0.1, 0.15) is 23.3 Å². The number of esters is 1. The van der Waals surface area contributed by atoms with E-state index in [0.717, 1.165) is 36.3 Å². The van der Waals surface area contributed by atoms with E-state index in [9.17, 15) is 4.79 Å². The Morgan fingerprint density at radius 3 is 2.90 bits per heavy atom. The first kappa shape index (κ1) is 20.4. The molecule has 0 amide bonds. The maximum absolute atomic E-state index is 12.1. The summed E-state index contributed by atoms with van der Waals surface area (Å²) in [6.45, 7) is 3.57. The first-order chi connectivity index (χ1) is 15.2. The zero-order chi connectivity index (χ0) is 21.6. The van der Waals surface area contributed by atoms with E-state index in [2.05, 4.69) is 35.4 Å². The van der Waals surface area contributed by atoms with Gasteiger partial charge in [-0.25, -0.2) is 14.8 Å². The van der Waals surface area contributed by atoms with Crippen LogP contribution >= 0.6 is 0 Å². The molecule has 10 nitrogen and oxygen atoms in total. The van der Waals surface area contributed by atoms with E-state index in [4.69, 9.17) is 10.00 Å². The van der Waals surface area contributed by atoms with Gasteiger partial charge in [0.15, 0.2) is 0 Å². The summed E-state index contributed by atoms with van der Waals surface area (Å²) in [5, 5.41) is 18.7. The van der Waals surface area contributed by atoms with Crippen molar-refractivity contribution in [2.24, 2.45) is 0 Å². The number of carbonyl (C=O) groups is 1. The number of nitrogens with zero attached hydrogens (tertiary/aromatic N) is 6. The van der Waals surface area contributed by atoms with Crippen LogP contribution in [0, 0.1) is 11.3 Å². The minimum atomic E-state index is -0.391. The van der Waals surface area contributed by atoms with Crippen molar-refractivity contribution < 1.29 is 9.53 Å². The van der Waals surface area contributed by atoms with Gasteiger partial charge in [0, 0.05) is 12.1 Å². The Balaban J connectivity index is 1.43. The van der Waals surface area contributed by atoms with Crippen molar-refractivity contribution in [3.05, 3.63) is 59.6 Å². The number of likely N-dealkylation sites (tertiary alicyclic amines) is 1. The zero-order valence-corrected chi connectivity index (χ0v) is 17.1. The fourth-order valence-electron chi connectivity index (χ4n) is 3.64. The molecule has 4 rings (SSSR count). The van der Waals surface area contributed by atoms with Crippen molar-refractivity contribution in [1.29, 1.82) is 5.26 Å². The molecule has 1 aliphatic heterocycles. The van der Waals surface area contributed by atoms with Crippen LogP contribution in [-0.2, 0) is 11.3 Å². The van der Waals surface area contributed by atoms with Gasteiger partial charge in [-0.15, -0.1) is 0 Å². The molecule has 3 aromatic rings. The number of hydrogen-bond donors (Lipinski definition) is 2. The highest BCUT2D eigenvalue weighted by molar-refractivity contribution is 5.88. The Morgan fingerprint density at radius 2 is 2.19 bits per heavy atom. The number of nitriles is 1. The molecular formula is C21H22N8O2. The molecule has 0 unspecified atom stereocenters. The van der Waals surface area contributed by atoms with Gasteiger partial charge in [-0.1, -0.05) is 0 Å². The second-order valence-electron chi connectivity index (χ2n) is 7.11. The highest BCUT2D eigenvalue weighted by atomic mass is 16.5. The fourth-order valence-corrected chi connectivity index (χ4v) is 3.64. The van der Waals surface area contributed by atoms with Crippen LogP contribution in [0.25, 0.3) is 0 Å². The van der Waals surface area contributed by atoms with Gasteiger partial charge in [-0.2, -0.15) is 10.4 Å². The minimum absolute atomic E-state index is 0.114. The number of aromatic amines is 1. The van der Waals surface area contributed by atoms with Crippen LogP contribution in [0.15, 0.2) is 36.9 Å². The number of anilines is 2. The molecule has 10 heteroatoms. The molecule has 0 aliphatic carbocycles. The number of rotatable bonds is 7. The van der Waals surface area contributed by atoms with E-state index in [1.165, 1.54) is 0 Å². The first-order valence-electron chi connectivity index (χ1n) is 10.1. The Hall–Kier alpha value is -3.84. The van der Waals surface area contributed by atoms with Gasteiger partial charge < -0.3 is 10.1 Å². The van der Waals surface area contributed by atoms with E-state index < -0.39 is 5.97 Å². The van der Waals surface area contributed by atoms with Crippen LogP contribution in [0.4, 0.5) is 11.5 Å². The summed E-state index contributed by atoms with van der Waals surface area (Å²) in [5.74, 6) is 0.206. The number of aromatic nitrogens is 5. The molecular weight excluding hydrogens is 396 g/mol. The van der Waals surface area contributed by atoms with Crippen molar-refractivity contribution in [3.63, 3.8) is 0 Å². The van der Waals surface area contributed by atoms with Gasteiger partial charge in [-0.3, -0.25) is 15.0 Å². The number of hydrogen-bond acceptors (Lipinski definition) is 9. The number of carbonyl (C=O) groups excluding carboxylic acids is 1. The fraction of sp³-hybridized carbons (Fsp3) is 0.333. The van der Waals surface area contributed by atoms with Gasteiger partial charge in [-0.05, 0) is 38.4 Å². The number of ether oxygens (including phenoxy) is 1. The summed E-state index contributed by atoms with van der Waals surface area (Å²) in [6, 6.07) is 5.51. The second-order valence-corrected chi connectivity index (χ2v) is 7.11. The SMILES string of the molecule is CCOC(=O)c1[nH]ncc1CN1CCC[C@H]1c1cnc(Nc2ccc(C#N)nc2)cn1. The molecule has 4 heterocycles. The lowest BCUT2D eigenvalue weighted by molar-refractivity contribution is 0.0516. The molecule has 0 radical (unpaired) electrons. The summed E-state index contributed by atoms with van der Waals surface area (Å²) in [4.78, 5) is 27.5. The maximum Gasteiger partial charge on any atom is 0.356 e. The van der Waals surface area contributed by atoms with Crippen molar-refractivity contribution in [2.45, 2.75) is 32.4 Å². The van der Waals surface area contributed by atoms with Gasteiger partial charge >= 0.3 is 5.97 Å². The normalized spacial score (nSPS) is 16.1. The molecule has 31 heavy (non-hydrogen) atoms. The topological polar surface area (TPSA) is 133 Å². The molecule has 2 N–H and O–H groups in total. The quantitative estimate of drug-likeness (QED) is 0.556. The average Bonchev–Trinajstić information content (AvgIpc) is 3.45. The van der Waals surface area contributed by atoms with Gasteiger partial charge in [0.25, 0.3) is 0 Å².